The van der Waals surface area contributed by atoms with Crippen molar-refractivity contribution < 1.29 is 9.53 Å². The second-order valence-corrected chi connectivity index (χ2v) is 10.4. The number of aliphatic imine (C=N–C) groups is 2. The van der Waals surface area contributed by atoms with Gasteiger partial charge in [-0.1, -0.05) is 36.4 Å². The van der Waals surface area contributed by atoms with E-state index in [2.05, 4.69) is 56.0 Å². The van der Waals surface area contributed by atoms with Gasteiger partial charge in [-0.2, -0.15) is 0 Å². The fraction of sp³-hybridized carbons (Fsp3) is 0.433. The minimum Gasteiger partial charge on any atom is -0.462 e. The summed E-state index contributed by atoms with van der Waals surface area (Å²) in [5.74, 6) is 0. The Morgan fingerprint density at radius 3 is 2.62 bits per heavy atom. The first-order valence-electron chi connectivity index (χ1n) is 13.0. The Balaban J connectivity index is 0.000000441. The molecule has 1 fully saturated rings. The normalized spacial score (nSPS) is 16.3. The zero-order chi connectivity index (χ0) is 29.1. The molecule has 1 aromatic carbocycles. The van der Waals surface area contributed by atoms with Crippen molar-refractivity contribution in [1.29, 1.82) is 0 Å². The largest absolute Gasteiger partial charge is 0.462 e. The quantitative estimate of drug-likeness (QED) is 0.249. The molecule has 0 amide bonds. The maximum atomic E-state index is 9.60. The number of nitrogens with two attached hydrogens (primary N) is 1. The van der Waals surface area contributed by atoms with Gasteiger partial charge in [0.25, 0.3) is 6.47 Å². The first kappa shape index (κ1) is 34.0. The van der Waals surface area contributed by atoms with Gasteiger partial charge in [0, 0.05) is 62.6 Å². The summed E-state index contributed by atoms with van der Waals surface area (Å²) in [6.07, 6.45) is 14.8. The highest BCUT2D eigenvalue weighted by Gasteiger charge is 2.13. The average Bonchev–Trinajstić information content (AvgIpc) is 3.16. The molecular formula is C30H45ClN6O2. The van der Waals surface area contributed by atoms with Gasteiger partial charge in [-0.25, -0.2) is 0 Å². The minimum absolute atomic E-state index is 0.318. The Kier molecular flexibility index (Phi) is 16.6. The second kappa shape index (κ2) is 19.1. The predicted molar refractivity (Wildman–Crippen MR) is 166 cm³/mol. The molecule has 214 valence electrons. The van der Waals surface area contributed by atoms with Crippen LogP contribution in [0.1, 0.15) is 38.3 Å². The molecule has 1 aromatic rings. The molecule has 8 nitrogen and oxygen atoms in total. The molecule has 2 aliphatic heterocycles. The lowest BCUT2D eigenvalue weighted by Crippen LogP contribution is -2.40. The van der Waals surface area contributed by atoms with Crippen LogP contribution in [0.2, 0.25) is 5.02 Å². The number of piperazine rings is 1. The lowest BCUT2D eigenvalue weighted by atomic mass is 9.93. The number of benzene rings is 1. The SMILES string of the molecule is C=C(c1cc(Cl)ccc1CC1=NC=CCC=C1)C(N)/C=C/NC=NC.CC(C)(C)OC=O.CN1CCNCC1. The minimum atomic E-state index is -0.332. The molecule has 1 unspecified atom stereocenters. The van der Waals surface area contributed by atoms with E-state index in [0.717, 1.165) is 41.9 Å². The third-order valence-corrected chi connectivity index (χ3v) is 5.70. The first-order valence-corrected chi connectivity index (χ1v) is 13.4. The molecule has 9 heteroatoms. The van der Waals surface area contributed by atoms with E-state index in [1.54, 1.807) is 19.6 Å². The Morgan fingerprint density at radius 2 is 2.05 bits per heavy atom. The zero-order valence-electron chi connectivity index (χ0n) is 24.0. The van der Waals surface area contributed by atoms with E-state index in [1.165, 1.54) is 13.1 Å². The fourth-order valence-corrected chi connectivity index (χ4v) is 3.50. The van der Waals surface area contributed by atoms with Gasteiger partial charge in [0.1, 0.15) is 5.60 Å². The van der Waals surface area contributed by atoms with Crippen molar-refractivity contribution in [2.45, 2.75) is 45.3 Å². The highest BCUT2D eigenvalue weighted by atomic mass is 35.5. The molecule has 2 heterocycles. The molecular weight excluding hydrogens is 512 g/mol. The zero-order valence-corrected chi connectivity index (χ0v) is 24.7. The molecule has 0 saturated carbocycles. The topological polar surface area (TPSA) is 104 Å². The lowest BCUT2D eigenvalue weighted by Gasteiger charge is -2.21. The van der Waals surface area contributed by atoms with Crippen LogP contribution in [0.25, 0.3) is 5.57 Å². The van der Waals surface area contributed by atoms with Crippen molar-refractivity contribution in [2.24, 2.45) is 15.7 Å². The number of nitrogens with one attached hydrogen (secondary N) is 2. The van der Waals surface area contributed by atoms with Gasteiger partial charge in [0.05, 0.1) is 6.34 Å². The molecule has 3 rings (SSSR count). The molecule has 0 spiro atoms. The summed E-state index contributed by atoms with van der Waals surface area (Å²) in [6, 6.07) is 5.46. The molecule has 4 N–H and O–H groups in total. The maximum Gasteiger partial charge on any atom is 0.293 e. The summed E-state index contributed by atoms with van der Waals surface area (Å²) < 4.78 is 4.55. The third-order valence-electron chi connectivity index (χ3n) is 5.47. The van der Waals surface area contributed by atoms with Gasteiger partial charge >= 0.3 is 0 Å². The van der Waals surface area contributed by atoms with Crippen molar-refractivity contribution in [2.75, 3.05) is 40.3 Å². The Morgan fingerprint density at radius 1 is 1.33 bits per heavy atom. The van der Waals surface area contributed by atoms with E-state index >= 15 is 0 Å². The van der Waals surface area contributed by atoms with Gasteiger partial charge in [0.2, 0.25) is 0 Å². The summed E-state index contributed by atoms with van der Waals surface area (Å²) in [5.41, 5.74) is 9.77. The van der Waals surface area contributed by atoms with Gasteiger partial charge in [-0.05, 0) is 81.4 Å². The lowest BCUT2D eigenvalue weighted by molar-refractivity contribution is -0.138. The number of carbonyl (C=O) groups excluding carboxylic acids is 1. The van der Waals surface area contributed by atoms with Crippen molar-refractivity contribution in [1.82, 2.24) is 15.5 Å². The number of hydrogen-bond donors (Lipinski definition) is 3. The monoisotopic (exact) mass is 556 g/mol. The molecule has 2 aliphatic rings. The molecule has 39 heavy (non-hydrogen) atoms. The number of rotatable bonds is 8. The highest BCUT2D eigenvalue weighted by molar-refractivity contribution is 6.30. The molecule has 0 aromatic heterocycles. The molecule has 0 bridgehead atoms. The molecule has 0 aliphatic carbocycles. The van der Waals surface area contributed by atoms with Crippen LogP contribution in [0.15, 0.2) is 71.5 Å². The van der Waals surface area contributed by atoms with Crippen LogP contribution in [0.5, 0.6) is 0 Å². The van der Waals surface area contributed by atoms with E-state index in [4.69, 9.17) is 17.3 Å². The third kappa shape index (κ3) is 15.8. The maximum absolute atomic E-state index is 9.60. The van der Waals surface area contributed by atoms with Crippen molar-refractivity contribution in [3.05, 3.63) is 77.6 Å². The summed E-state index contributed by atoms with van der Waals surface area (Å²) >= 11 is 6.19. The second-order valence-electron chi connectivity index (χ2n) is 9.97. The Bertz CT molecular complexity index is 1030. The number of likely N-dealkylation sites (N-methyl/N-ethyl adjacent to an activating group) is 1. The van der Waals surface area contributed by atoms with Gasteiger partial charge < -0.3 is 26.0 Å². The van der Waals surface area contributed by atoms with Gasteiger partial charge in [-0.15, -0.1) is 0 Å². The van der Waals surface area contributed by atoms with Crippen LogP contribution in [0, 0.1) is 0 Å². The summed E-state index contributed by atoms with van der Waals surface area (Å²) in [6.45, 7) is 14.8. The predicted octanol–water partition coefficient (Wildman–Crippen LogP) is 4.38. The van der Waals surface area contributed by atoms with Crippen LogP contribution in [-0.4, -0.2) is 75.3 Å². The van der Waals surface area contributed by atoms with Gasteiger partial charge in [-0.3, -0.25) is 14.8 Å². The summed E-state index contributed by atoms with van der Waals surface area (Å²) in [7, 11) is 3.85. The molecule has 1 atom stereocenters. The average molecular weight is 557 g/mol. The van der Waals surface area contributed by atoms with E-state index in [-0.39, 0.29) is 11.6 Å². The summed E-state index contributed by atoms with van der Waals surface area (Å²) in [4.78, 5) is 20.2. The molecule has 0 radical (unpaired) electrons. The van der Waals surface area contributed by atoms with E-state index in [9.17, 15) is 4.79 Å². The van der Waals surface area contributed by atoms with Gasteiger partial charge in [0.15, 0.2) is 0 Å². The van der Waals surface area contributed by atoms with Crippen molar-refractivity contribution in [3.63, 3.8) is 0 Å². The van der Waals surface area contributed by atoms with E-state index in [1.807, 2.05) is 57.3 Å². The number of ether oxygens (including phenoxy) is 1. The number of allylic oxidation sites excluding steroid dienone is 3. The van der Waals surface area contributed by atoms with Crippen LogP contribution >= 0.6 is 11.6 Å². The van der Waals surface area contributed by atoms with Crippen LogP contribution in [0.3, 0.4) is 0 Å². The standard InChI is InChI=1S/C20H23ClN4.C5H12N2.C5H10O2/c1-15(20(22)9-11-24-14-23-2)19-13-17(21)8-7-16(19)12-18-6-4-3-5-10-25-18;1-7-4-2-6-3-5-7;1-5(2,3)7-4-6/h4-11,13-14,20H,1,3,12,22H2,2H3,(H,23,24);6H,2-5H2,1H3;4H,1-3H3/b11-9+;;. The Hall–Kier alpha value is -3.04. The number of hydrogen-bond acceptors (Lipinski definition) is 7. The van der Waals surface area contributed by atoms with E-state index < -0.39 is 0 Å². The van der Waals surface area contributed by atoms with Crippen LogP contribution in [0.4, 0.5) is 0 Å². The fourth-order valence-electron chi connectivity index (χ4n) is 3.33. The molecule has 1 saturated heterocycles. The van der Waals surface area contributed by atoms with Crippen LogP contribution < -0.4 is 16.4 Å². The first-order chi connectivity index (χ1) is 18.6. The number of nitrogens with zero attached hydrogens (tertiary/aromatic N) is 3. The van der Waals surface area contributed by atoms with Crippen molar-refractivity contribution in [3.8, 4) is 0 Å². The highest BCUT2D eigenvalue weighted by Crippen LogP contribution is 2.25. The van der Waals surface area contributed by atoms with Crippen LogP contribution in [-0.2, 0) is 16.0 Å². The number of halogens is 1. The van der Waals surface area contributed by atoms with E-state index in [0.29, 0.717) is 17.9 Å². The smallest absolute Gasteiger partial charge is 0.293 e. The Labute approximate surface area is 239 Å². The van der Waals surface area contributed by atoms with Crippen molar-refractivity contribution >= 4 is 35.7 Å². The number of carbonyl (C=O) groups is 1. The summed E-state index contributed by atoms with van der Waals surface area (Å²) in [5, 5.41) is 6.85.